The number of halogens is 1. The predicted octanol–water partition coefficient (Wildman–Crippen LogP) is 4.65. The molecule has 10 heteroatoms. The van der Waals surface area contributed by atoms with Crippen LogP contribution in [0.25, 0.3) is 16.4 Å². The number of thioether (sulfide) groups is 1. The van der Waals surface area contributed by atoms with Gasteiger partial charge in [0, 0.05) is 10.6 Å². The summed E-state index contributed by atoms with van der Waals surface area (Å²) >= 11 is 3.01. The lowest BCUT2D eigenvalue weighted by molar-refractivity contribution is -0.119. The van der Waals surface area contributed by atoms with Crippen molar-refractivity contribution < 1.29 is 18.7 Å². The standard InChI is InChI=1S/C22H17FN4O3S2/c1-31-17-10-6-15(7-11-17)24-19(28)13-30-22(29)20-25-21(18-3-2-12-32-18)27(26-20)16-8-4-14(23)5-9-16/h2-12H,13H2,1H3,(H,24,28). The number of ether oxygens (including phenoxy) is 1. The number of carbonyl (C=O) groups excluding carboxylic acids is 2. The van der Waals surface area contributed by atoms with Crippen LogP contribution in [0.2, 0.25) is 0 Å². The van der Waals surface area contributed by atoms with Gasteiger partial charge < -0.3 is 10.1 Å². The number of nitrogens with zero attached hydrogens (tertiary/aromatic N) is 3. The molecular formula is C22H17FN4O3S2. The number of hydrogen-bond acceptors (Lipinski definition) is 7. The Bertz CT molecular complexity index is 1220. The maximum absolute atomic E-state index is 13.3. The number of benzene rings is 2. The minimum atomic E-state index is -0.837. The highest BCUT2D eigenvalue weighted by atomic mass is 32.2. The maximum Gasteiger partial charge on any atom is 0.378 e. The molecule has 2 heterocycles. The first-order valence-corrected chi connectivity index (χ1v) is 11.5. The zero-order chi connectivity index (χ0) is 22.5. The number of hydrogen-bond donors (Lipinski definition) is 1. The van der Waals surface area contributed by atoms with E-state index >= 15 is 0 Å². The van der Waals surface area contributed by atoms with Crippen LogP contribution < -0.4 is 5.32 Å². The molecule has 0 bridgehead atoms. The highest BCUT2D eigenvalue weighted by Gasteiger charge is 2.21. The summed E-state index contributed by atoms with van der Waals surface area (Å²) in [6, 6.07) is 16.6. The molecule has 4 aromatic rings. The first-order valence-electron chi connectivity index (χ1n) is 9.41. The number of amides is 1. The molecule has 0 saturated heterocycles. The minimum absolute atomic E-state index is 0.199. The molecule has 1 N–H and O–H groups in total. The van der Waals surface area contributed by atoms with Gasteiger partial charge in [0.1, 0.15) is 5.82 Å². The Morgan fingerprint density at radius 1 is 1.12 bits per heavy atom. The molecule has 0 aliphatic heterocycles. The van der Waals surface area contributed by atoms with E-state index in [1.54, 1.807) is 23.9 Å². The third-order valence-corrected chi connectivity index (χ3v) is 5.92. The molecule has 0 radical (unpaired) electrons. The summed E-state index contributed by atoms with van der Waals surface area (Å²) in [7, 11) is 0. The van der Waals surface area contributed by atoms with E-state index in [4.69, 9.17) is 4.74 Å². The summed E-state index contributed by atoms with van der Waals surface area (Å²) in [5.74, 6) is -1.49. The second-order valence-electron chi connectivity index (χ2n) is 6.48. The van der Waals surface area contributed by atoms with Gasteiger partial charge in [0.05, 0.1) is 10.6 Å². The van der Waals surface area contributed by atoms with Crippen LogP contribution in [0.5, 0.6) is 0 Å². The van der Waals surface area contributed by atoms with Gasteiger partial charge in [-0.3, -0.25) is 4.79 Å². The van der Waals surface area contributed by atoms with E-state index in [0.717, 1.165) is 9.77 Å². The lowest BCUT2D eigenvalue weighted by Crippen LogP contribution is -2.21. The number of rotatable bonds is 7. The molecule has 32 heavy (non-hydrogen) atoms. The Hall–Kier alpha value is -3.50. The number of nitrogens with one attached hydrogen (secondary N) is 1. The van der Waals surface area contributed by atoms with Gasteiger partial charge >= 0.3 is 5.97 Å². The third kappa shape index (κ3) is 5.04. The van der Waals surface area contributed by atoms with Crippen LogP contribution in [0.1, 0.15) is 10.6 Å². The van der Waals surface area contributed by atoms with E-state index in [1.165, 1.54) is 40.3 Å². The molecule has 2 aromatic carbocycles. The first-order chi connectivity index (χ1) is 15.5. The van der Waals surface area contributed by atoms with Crippen molar-refractivity contribution in [3.05, 3.63) is 77.7 Å². The molecular weight excluding hydrogens is 451 g/mol. The van der Waals surface area contributed by atoms with Gasteiger partial charge in [-0.2, -0.15) is 4.98 Å². The van der Waals surface area contributed by atoms with E-state index in [0.29, 0.717) is 17.2 Å². The van der Waals surface area contributed by atoms with E-state index in [2.05, 4.69) is 15.4 Å². The van der Waals surface area contributed by atoms with Crippen molar-refractivity contribution in [3.8, 4) is 16.4 Å². The average molecular weight is 469 g/mol. The van der Waals surface area contributed by atoms with Gasteiger partial charge in [0.15, 0.2) is 12.4 Å². The Morgan fingerprint density at radius 2 is 1.88 bits per heavy atom. The van der Waals surface area contributed by atoms with Crippen LogP contribution in [-0.4, -0.2) is 39.5 Å². The van der Waals surface area contributed by atoms with Crippen molar-refractivity contribution in [2.24, 2.45) is 0 Å². The fraction of sp³-hybridized carbons (Fsp3) is 0.0909. The lowest BCUT2D eigenvalue weighted by Gasteiger charge is -2.06. The molecule has 162 valence electrons. The molecule has 0 atom stereocenters. The zero-order valence-electron chi connectivity index (χ0n) is 16.8. The average Bonchev–Trinajstić information content (AvgIpc) is 3.49. The summed E-state index contributed by atoms with van der Waals surface area (Å²) in [6.07, 6.45) is 1.96. The van der Waals surface area contributed by atoms with Crippen molar-refractivity contribution in [1.29, 1.82) is 0 Å². The molecule has 0 fully saturated rings. The van der Waals surface area contributed by atoms with Crippen molar-refractivity contribution in [2.75, 3.05) is 18.2 Å². The normalized spacial score (nSPS) is 10.7. The molecule has 4 rings (SSSR count). The fourth-order valence-electron chi connectivity index (χ4n) is 2.79. The Kier molecular flexibility index (Phi) is 6.62. The molecule has 0 saturated carbocycles. The van der Waals surface area contributed by atoms with Crippen molar-refractivity contribution in [2.45, 2.75) is 4.90 Å². The van der Waals surface area contributed by atoms with Gasteiger partial charge in [-0.25, -0.2) is 13.9 Å². The summed E-state index contributed by atoms with van der Waals surface area (Å²) < 4.78 is 19.9. The molecule has 2 aromatic heterocycles. The highest BCUT2D eigenvalue weighted by molar-refractivity contribution is 7.98. The number of esters is 1. The van der Waals surface area contributed by atoms with Gasteiger partial charge in [-0.1, -0.05) is 6.07 Å². The van der Waals surface area contributed by atoms with Crippen LogP contribution in [-0.2, 0) is 9.53 Å². The lowest BCUT2D eigenvalue weighted by atomic mass is 10.3. The quantitative estimate of drug-likeness (QED) is 0.314. The van der Waals surface area contributed by atoms with Crippen LogP contribution >= 0.6 is 23.1 Å². The highest BCUT2D eigenvalue weighted by Crippen LogP contribution is 2.26. The topological polar surface area (TPSA) is 86.1 Å². The number of thiophene rings is 1. The summed E-state index contributed by atoms with van der Waals surface area (Å²) in [6.45, 7) is -0.484. The first kappa shape index (κ1) is 21.7. The monoisotopic (exact) mass is 468 g/mol. The van der Waals surface area contributed by atoms with Gasteiger partial charge in [0.25, 0.3) is 11.7 Å². The molecule has 0 aliphatic carbocycles. The van der Waals surface area contributed by atoms with E-state index in [9.17, 15) is 14.0 Å². The van der Waals surface area contributed by atoms with Gasteiger partial charge in [0.2, 0.25) is 0 Å². The van der Waals surface area contributed by atoms with Crippen molar-refractivity contribution in [1.82, 2.24) is 14.8 Å². The molecule has 1 amide bonds. The molecule has 0 spiro atoms. The van der Waals surface area contributed by atoms with Crippen LogP contribution in [0, 0.1) is 5.82 Å². The largest absolute Gasteiger partial charge is 0.450 e. The van der Waals surface area contributed by atoms with Crippen LogP contribution in [0.4, 0.5) is 10.1 Å². The van der Waals surface area contributed by atoms with Crippen LogP contribution in [0.3, 0.4) is 0 Å². The molecule has 0 unspecified atom stereocenters. The second-order valence-corrected chi connectivity index (χ2v) is 8.30. The van der Waals surface area contributed by atoms with Crippen molar-refractivity contribution in [3.63, 3.8) is 0 Å². The van der Waals surface area contributed by atoms with Gasteiger partial charge in [-0.15, -0.1) is 28.2 Å². The summed E-state index contributed by atoms with van der Waals surface area (Å²) in [5.41, 5.74) is 1.13. The molecule has 0 aliphatic rings. The number of aromatic nitrogens is 3. The maximum atomic E-state index is 13.3. The Labute approximate surface area is 191 Å². The van der Waals surface area contributed by atoms with E-state index < -0.39 is 18.5 Å². The Balaban J connectivity index is 1.47. The minimum Gasteiger partial charge on any atom is -0.450 e. The summed E-state index contributed by atoms with van der Waals surface area (Å²) in [4.78, 5) is 30.8. The predicted molar refractivity (Wildman–Crippen MR) is 122 cm³/mol. The number of carbonyl (C=O) groups is 2. The zero-order valence-corrected chi connectivity index (χ0v) is 18.5. The van der Waals surface area contributed by atoms with Crippen LogP contribution in [0.15, 0.2) is 70.9 Å². The van der Waals surface area contributed by atoms with E-state index in [-0.39, 0.29) is 11.6 Å². The second kappa shape index (κ2) is 9.75. The van der Waals surface area contributed by atoms with Gasteiger partial charge in [-0.05, 0) is 66.2 Å². The van der Waals surface area contributed by atoms with Crippen molar-refractivity contribution >= 4 is 40.7 Å². The molecule has 7 nitrogen and oxygen atoms in total. The van der Waals surface area contributed by atoms with E-state index in [1.807, 2.05) is 35.9 Å². The fourth-order valence-corrected chi connectivity index (χ4v) is 3.90. The third-order valence-electron chi connectivity index (χ3n) is 4.31. The Morgan fingerprint density at radius 3 is 2.53 bits per heavy atom. The smallest absolute Gasteiger partial charge is 0.378 e. The SMILES string of the molecule is CSc1ccc(NC(=O)COC(=O)c2nc(-c3cccs3)n(-c3ccc(F)cc3)n2)cc1. The summed E-state index contributed by atoms with van der Waals surface area (Å²) in [5, 5.41) is 8.76. The number of anilines is 1.